The summed E-state index contributed by atoms with van der Waals surface area (Å²) < 4.78 is 5.05. The number of hydrogen-bond acceptors (Lipinski definition) is 4. The molecule has 0 aromatic heterocycles. The van der Waals surface area contributed by atoms with E-state index in [0.717, 1.165) is 25.8 Å². The molecule has 0 aromatic carbocycles. The molecule has 1 unspecified atom stereocenters. The summed E-state index contributed by atoms with van der Waals surface area (Å²) in [6.45, 7) is 0.903. The van der Waals surface area contributed by atoms with Crippen LogP contribution in [0.4, 0.5) is 0 Å². The summed E-state index contributed by atoms with van der Waals surface area (Å²) in [7, 11) is 0. The van der Waals surface area contributed by atoms with Crippen molar-refractivity contribution in [2.75, 3.05) is 13.1 Å². The predicted octanol–water partition coefficient (Wildman–Crippen LogP) is -0.0220. The van der Waals surface area contributed by atoms with Crippen LogP contribution < -0.4 is 11.1 Å². The lowest BCUT2D eigenvalue weighted by atomic mass is 10.2. The van der Waals surface area contributed by atoms with Gasteiger partial charge in [-0.3, -0.25) is 10.1 Å². The van der Waals surface area contributed by atoms with Crippen LogP contribution in [0.15, 0.2) is 0 Å². The van der Waals surface area contributed by atoms with Gasteiger partial charge in [-0.05, 0) is 25.8 Å². The van der Waals surface area contributed by atoms with Crippen LogP contribution in [0, 0.1) is 0 Å². The van der Waals surface area contributed by atoms with Crippen molar-refractivity contribution < 1.29 is 9.53 Å². The summed E-state index contributed by atoms with van der Waals surface area (Å²) in [4.78, 5) is 10.8. The Morgan fingerprint density at radius 1 is 1.50 bits per heavy atom. The SMILES string of the molecule is NCC(=O)OC1CCCCCN1. The lowest BCUT2D eigenvalue weighted by Gasteiger charge is -2.15. The Kier molecular flexibility index (Phi) is 4.04. The highest BCUT2D eigenvalue weighted by molar-refractivity contribution is 5.71. The van der Waals surface area contributed by atoms with E-state index in [0.29, 0.717) is 0 Å². The average Bonchev–Trinajstić information content (AvgIpc) is 2.33. The molecule has 0 bridgehead atoms. The zero-order valence-corrected chi connectivity index (χ0v) is 7.21. The molecule has 1 rings (SSSR count). The maximum absolute atomic E-state index is 10.8. The highest BCUT2D eigenvalue weighted by Crippen LogP contribution is 2.08. The van der Waals surface area contributed by atoms with Gasteiger partial charge in [-0.15, -0.1) is 0 Å². The number of rotatable bonds is 2. The van der Waals surface area contributed by atoms with E-state index in [2.05, 4.69) is 5.32 Å². The molecule has 1 heterocycles. The third-order valence-electron chi connectivity index (χ3n) is 1.96. The third kappa shape index (κ3) is 3.19. The minimum atomic E-state index is -0.325. The number of carbonyl (C=O) groups excluding carboxylic acids is 1. The smallest absolute Gasteiger partial charge is 0.321 e. The van der Waals surface area contributed by atoms with Crippen LogP contribution in [0.2, 0.25) is 0 Å². The maximum atomic E-state index is 10.8. The van der Waals surface area contributed by atoms with Gasteiger partial charge < -0.3 is 10.5 Å². The van der Waals surface area contributed by atoms with Gasteiger partial charge in [0.1, 0.15) is 0 Å². The fourth-order valence-electron chi connectivity index (χ4n) is 1.30. The summed E-state index contributed by atoms with van der Waals surface area (Å²) >= 11 is 0. The molecule has 12 heavy (non-hydrogen) atoms. The minimum Gasteiger partial charge on any atom is -0.446 e. The summed E-state index contributed by atoms with van der Waals surface area (Å²) in [6, 6.07) is 0. The second-order valence-corrected chi connectivity index (χ2v) is 2.99. The zero-order chi connectivity index (χ0) is 8.81. The second kappa shape index (κ2) is 5.11. The fourth-order valence-corrected chi connectivity index (χ4v) is 1.30. The fraction of sp³-hybridized carbons (Fsp3) is 0.875. The highest BCUT2D eigenvalue weighted by atomic mass is 16.6. The number of ether oxygens (including phenoxy) is 1. The van der Waals surface area contributed by atoms with Crippen molar-refractivity contribution >= 4 is 5.97 Å². The first-order chi connectivity index (χ1) is 5.83. The highest BCUT2D eigenvalue weighted by Gasteiger charge is 2.14. The molecule has 4 heteroatoms. The lowest BCUT2D eigenvalue weighted by molar-refractivity contribution is -0.149. The summed E-state index contributed by atoms with van der Waals surface area (Å²) in [5, 5.41) is 3.15. The van der Waals surface area contributed by atoms with E-state index >= 15 is 0 Å². The Morgan fingerprint density at radius 2 is 2.33 bits per heavy atom. The summed E-state index contributed by atoms with van der Waals surface area (Å²) in [5.41, 5.74) is 5.13. The van der Waals surface area contributed by atoms with E-state index in [1.54, 1.807) is 0 Å². The predicted molar refractivity (Wildman–Crippen MR) is 45.4 cm³/mol. The molecular formula is C8H16N2O2. The van der Waals surface area contributed by atoms with Crippen molar-refractivity contribution in [3.8, 4) is 0 Å². The molecule has 0 amide bonds. The van der Waals surface area contributed by atoms with E-state index < -0.39 is 0 Å². The monoisotopic (exact) mass is 172 g/mol. The first-order valence-electron chi connectivity index (χ1n) is 4.46. The normalized spacial score (nSPS) is 24.6. The molecule has 0 saturated carbocycles. The number of esters is 1. The standard InChI is InChI=1S/C8H16N2O2/c9-6-8(11)12-7-4-2-1-3-5-10-7/h7,10H,1-6,9H2. The summed E-state index contributed by atoms with van der Waals surface area (Å²) in [5.74, 6) is -0.325. The lowest BCUT2D eigenvalue weighted by Crippen LogP contribution is -2.35. The summed E-state index contributed by atoms with van der Waals surface area (Å²) in [6.07, 6.45) is 4.30. The van der Waals surface area contributed by atoms with Crippen LogP contribution in [0.3, 0.4) is 0 Å². The van der Waals surface area contributed by atoms with Gasteiger partial charge in [-0.2, -0.15) is 0 Å². The molecule has 1 saturated heterocycles. The van der Waals surface area contributed by atoms with E-state index in [1.807, 2.05) is 0 Å². The van der Waals surface area contributed by atoms with Crippen LogP contribution in [0.5, 0.6) is 0 Å². The number of nitrogens with two attached hydrogens (primary N) is 1. The number of hydrogen-bond donors (Lipinski definition) is 2. The van der Waals surface area contributed by atoms with Crippen molar-refractivity contribution in [2.24, 2.45) is 5.73 Å². The van der Waals surface area contributed by atoms with Gasteiger partial charge >= 0.3 is 5.97 Å². The molecule has 4 nitrogen and oxygen atoms in total. The van der Waals surface area contributed by atoms with Crippen LogP contribution in [-0.4, -0.2) is 25.3 Å². The first kappa shape index (κ1) is 9.48. The van der Waals surface area contributed by atoms with Gasteiger partial charge in [0.25, 0.3) is 0 Å². The molecule has 3 N–H and O–H groups in total. The zero-order valence-electron chi connectivity index (χ0n) is 7.21. The van der Waals surface area contributed by atoms with Gasteiger partial charge in [0.15, 0.2) is 6.23 Å². The molecule has 0 spiro atoms. The Hall–Kier alpha value is -0.610. The maximum Gasteiger partial charge on any atom is 0.321 e. The third-order valence-corrected chi connectivity index (χ3v) is 1.96. The molecule has 1 atom stereocenters. The van der Waals surface area contributed by atoms with Crippen molar-refractivity contribution in [3.05, 3.63) is 0 Å². The van der Waals surface area contributed by atoms with Gasteiger partial charge in [0, 0.05) is 0 Å². The van der Waals surface area contributed by atoms with Gasteiger partial charge in [0.2, 0.25) is 0 Å². The molecule has 0 radical (unpaired) electrons. The van der Waals surface area contributed by atoms with Crippen molar-refractivity contribution in [2.45, 2.75) is 31.9 Å². The molecule has 0 aliphatic carbocycles. The quantitative estimate of drug-likeness (QED) is 0.574. The van der Waals surface area contributed by atoms with E-state index in [4.69, 9.17) is 10.5 Å². The van der Waals surface area contributed by atoms with Crippen molar-refractivity contribution in [1.29, 1.82) is 0 Å². The van der Waals surface area contributed by atoms with E-state index in [-0.39, 0.29) is 18.7 Å². The topological polar surface area (TPSA) is 64.4 Å². The largest absolute Gasteiger partial charge is 0.446 e. The minimum absolute atomic E-state index is 0.0296. The van der Waals surface area contributed by atoms with E-state index in [1.165, 1.54) is 6.42 Å². The van der Waals surface area contributed by atoms with Gasteiger partial charge in [-0.1, -0.05) is 6.42 Å². The van der Waals surface area contributed by atoms with Crippen molar-refractivity contribution in [3.63, 3.8) is 0 Å². The van der Waals surface area contributed by atoms with Crippen LogP contribution in [-0.2, 0) is 9.53 Å². The molecule has 70 valence electrons. The Balaban J connectivity index is 2.24. The van der Waals surface area contributed by atoms with Gasteiger partial charge in [0.05, 0.1) is 6.54 Å². The molecule has 1 fully saturated rings. The van der Waals surface area contributed by atoms with E-state index in [9.17, 15) is 4.79 Å². The Morgan fingerprint density at radius 3 is 3.08 bits per heavy atom. The van der Waals surface area contributed by atoms with Gasteiger partial charge in [-0.25, -0.2) is 0 Å². The average molecular weight is 172 g/mol. The molecule has 0 aromatic rings. The first-order valence-corrected chi connectivity index (χ1v) is 4.46. The second-order valence-electron chi connectivity index (χ2n) is 2.99. The van der Waals surface area contributed by atoms with Crippen molar-refractivity contribution in [1.82, 2.24) is 5.32 Å². The number of carbonyl (C=O) groups is 1. The van der Waals surface area contributed by atoms with Crippen LogP contribution in [0.25, 0.3) is 0 Å². The van der Waals surface area contributed by atoms with Crippen LogP contribution >= 0.6 is 0 Å². The molecule has 1 aliphatic rings. The number of nitrogens with one attached hydrogen (secondary N) is 1. The Labute approximate surface area is 72.5 Å². The molecular weight excluding hydrogens is 156 g/mol. The van der Waals surface area contributed by atoms with Crippen LogP contribution in [0.1, 0.15) is 25.7 Å². The molecule has 1 aliphatic heterocycles. The Bertz CT molecular complexity index is 142.